The fraction of sp³-hybridized carbons (Fsp3) is 0.462. The van der Waals surface area contributed by atoms with Gasteiger partial charge in [0.25, 0.3) is 0 Å². The van der Waals surface area contributed by atoms with Crippen molar-refractivity contribution in [3.05, 3.63) is 28.2 Å². The lowest BCUT2D eigenvalue weighted by atomic mass is 10.2. The number of ether oxygens (including phenoxy) is 2. The van der Waals surface area contributed by atoms with E-state index < -0.39 is 0 Å². The van der Waals surface area contributed by atoms with Crippen molar-refractivity contribution in [2.45, 2.75) is 19.1 Å². The third kappa shape index (κ3) is 3.45. The first kappa shape index (κ1) is 13.3. The Morgan fingerprint density at radius 3 is 3.06 bits per heavy atom. The van der Waals surface area contributed by atoms with Crippen LogP contribution in [0.4, 0.5) is 0 Å². The fourth-order valence-electron chi connectivity index (χ4n) is 1.84. The van der Waals surface area contributed by atoms with E-state index in [9.17, 15) is 0 Å². The molecule has 0 amide bonds. The van der Waals surface area contributed by atoms with Crippen LogP contribution >= 0.6 is 15.9 Å². The van der Waals surface area contributed by atoms with Gasteiger partial charge >= 0.3 is 0 Å². The van der Waals surface area contributed by atoms with Gasteiger partial charge < -0.3 is 14.8 Å². The summed E-state index contributed by atoms with van der Waals surface area (Å²) in [5.41, 5.74) is 0.610. The van der Waals surface area contributed by atoms with E-state index >= 15 is 0 Å². The van der Waals surface area contributed by atoms with Crippen LogP contribution in [0.15, 0.2) is 22.7 Å². The number of nitriles is 1. The third-order valence-electron chi connectivity index (χ3n) is 2.71. The zero-order valence-corrected chi connectivity index (χ0v) is 11.7. The maximum Gasteiger partial charge on any atom is 0.133 e. The van der Waals surface area contributed by atoms with Gasteiger partial charge in [0, 0.05) is 13.1 Å². The van der Waals surface area contributed by atoms with E-state index in [0.29, 0.717) is 12.2 Å². The lowest BCUT2D eigenvalue weighted by molar-refractivity contribution is -0.0471. The molecule has 2 atom stereocenters. The fourth-order valence-corrected chi connectivity index (χ4v) is 2.33. The van der Waals surface area contributed by atoms with Gasteiger partial charge in [-0.15, -0.1) is 0 Å². The summed E-state index contributed by atoms with van der Waals surface area (Å²) < 4.78 is 12.2. The van der Waals surface area contributed by atoms with Crippen LogP contribution in [0.5, 0.6) is 5.75 Å². The van der Waals surface area contributed by atoms with Crippen molar-refractivity contribution in [2.75, 3.05) is 19.7 Å². The van der Waals surface area contributed by atoms with Crippen LogP contribution in [-0.2, 0) is 4.74 Å². The second-order valence-corrected chi connectivity index (χ2v) is 5.15. The second-order valence-electron chi connectivity index (χ2n) is 4.29. The summed E-state index contributed by atoms with van der Waals surface area (Å²) in [5, 5.41) is 12.1. The van der Waals surface area contributed by atoms with E-state index in [1.54, 1.807) is 18.2 Å². The lowest BCUT2D eigenvalue weighted by Crippen LogP contribution is -2.45. The Hall–Kier alpha value is -1.09. The molecule has 2 unspecified atom stereocenters. The molecule has 1 saturated heterocycles. The molecular formula is C13H15BrN2O2. The monoisotopic (exact) mass is 310 g/mol. The number of halogens is 1. The predicted molar refractivity (Wildman–Crippen MR) is 71.6 cm³/mol. The Morgan fingerprint density at radius 2 is 2.39 bits per heavy atom. The van der Waals surface area contributed by atoms with Gasteiger partial charge in [0.05, 0.1) is 22.2 Å². The van der Waals surface area contributed by atoms with E-state index in [4.69, 9.17) is 14.7 Å². The SMILES string of the molecule is CC1CNCC(COc2ccc(C#N)cc2Br)O1. The molecule has 1 aliphatic rings. The summed E-state index contributed by atoms with van der Waals surface area (Å²) >= 11 is 3.39. The molecule has 5 heteroatoms. The lowest BCUT2D eigenvalue weighted by Gasteiger charge is -2.28. The predicted octanol–water partition coefficient (Wildman–Crippen LogP) is 2.08. The molecular weight excluding hydrogens is 296 g/mol. The molecule has 4 nitrogen and oxygen atoms in total. The molecule has 1 heterocycles. The van der Waals surface area contributed by atoms with Crippen molar-refractivity contribution in [3.8, 4) is 11.8 Å². The quantitative estimate of drug-likeness (QED) is 0.928. The molecule has 1 aromatic carbocycles. The topological polar surface area (TPSA) is 54.3 Å². The van der Waals surface area contributed by atoms with Gasteiger partial charge in [-0.25, -0.2) is 0 Å². The van der Waals surface area contributed by atoms with E-state index in [1.165, 1.54) is 0 Å². The molecule has 1 aliphatic heterocycles. The largest absolute Gasteiger partial charge is 0.490 e. The minimum Gasteiger partial charge on any atom is -0.490 e. The highest BCUT2D eigenvalue weighted by atomic mass is 79.9. The van der Waals surface area contributed by atoms with E-state index in [2.05, 4.69) is 27.3 Å². The highest BCUT2D eigenvalue weighted by Crippen LogP contribution is 2.26. The molecule has 0 aromatic heterocycles. The van der Waals surface area contributed by atoms with Gasteiger partial charge in [-0.05, 0) is 41.1 Å². The number of hydrogen-bond donors (Lipinski definition) is 1. The van der Waals surface area contributed by atoms with Crippen molar-refractivity contribution in [1.82, 2.24) is 5.32 Å². The molecule has 0 radical (unpaired) electrons. The Bertz CT molecular complexity index is 459. The van der Waals surface area contributed by atoms with Crippen LogP contribution in [0, 0.1) is 11.3 Å². The average Bonchev–Trinajstić information content (AvgIpc) is 2.37. The summed E-state index contributed by atoms with van der Waals surface area (Å²) in [6.45, 7) is 4.23. The van der Waals surface area contributed by atoms with E-state index in [-0.39, 0.29) is 12.2 Å². The Labute approximate surface area is 115 Å². The maximum atomic E-state index is 8.78. The van der Waals surface area contributed by atoms with Crippen LogP contribution in [-0.4, -0.2) is 31.9 Å². The molecule has 2 rings (SSSR count). The summed E-state index contributed by atoms with van der Waals surface area (Å²) in [6, 6.07) is 7.37. The van der Waals surface area contributed by atoms with Crippen LogP contribution in [0.2, 0.25) is 0 Å². The van der Waals surface area contributed by atoms with Gasteiger partial charge in [0.2, 0.25) is 0 Å². The highest BCUT2D eigenvalue weighted by Gasteiger charge is 2.19. The van der Waals surface area contributed by atoms with E-state index in [1.807, 2.05) is 6.92 Å². The number of nitrogens with one attached hydrogen (secondary N) is 1. The molecule has 1 fully saturated rings. The first-order valence-corrected chi connectivity index (χ1v) is 6.67. The van der Waals surface area contributed by atoms with Crippen LogP contribution < -0.4 is 10.1 Å². The summed E-state index contributed by atoms with van der Waals surface area (Å²) in [6.07, 6.45) is 0.285. The zero-order valence-electron chi connectivity index (χ0n) is 10.1. The molecule has 18 heavy (non-hydrogen) atoms. The molecule has 1 aromatic rings. The number of benzene rings is 1. The summed E-state index contributed by atoms with van der Waals surface area (Å²) in [4.78, 5) is 0. The Balaban J connectivity index is 1.92. The third-order valence-corrected chi connectivity index (χ3v) is 3.33. The van der Waals surface area contributed by atoms with Crippen molar-refractivity contribution in [3.63, 3.8) is 0 Å². The number of nitrogens with zero attached hydrogens (tertiary/aromatic N) is 1. The van der Waals surface area contributed by atoms with E-state index in [0.717, 1.165) is 23.3 Å². The van der Waals surface area contributed by atoms with Crippen LogP contribution in [0.3, 0.4) is 0 Å². The minimum absolute atomic E-state index is 0.0660. The number of rotatable bonds is 3. The summed E-state index contributed by atoms with van der Waals surface area (Å²) in [7, 11) is 0. The van der Waals surface area contributed by atoms with Gasteiger partial charge in [0.1, 0.15) is 18.5 Å². The smallest absolute Gasteiger partial charge is 0.133 e. The molecule has 0 spiro atoms. The number of hydrogen-bond acceptors (Lipinski definition) is 4. The first-order valence-electron chi connectivity index (χ1n) is 5.87. The average molecular weight is 311 g/mol. The van der Waals surface area contributed by atoms with Crippen molar-refractivity contribution < 1.29 is 9.47 Å². The molecule has 1 N–H and O–H groups in total. The summed E-state index contributed by atoms with van der Waals surface area (Å²) in [5.74, 6) is 0.732. The molecule has 0 aliphatic carbocycles. The normalized spacial score (nSPS) is 23.4. The van der Waals surface area contributed by atoms with Crippen molar-refractivity contribution in [1.29, 1.82) is 5.26 Å². The zero-order chi connectivity index (χ0) is 13.0. The van der Waals surface area contributed by atoms with Gasteiger partial charge in [-0.1, -0.05) is 0 Å². The first-order chi connectivity index (χ1) is 8.69. The molecule has 0 saturated carbocycles. The van der Waals surface area contributed by atoms with Gasteiger partial charge in [-0.2, -0.15) is 5.26 Å². The molecule has 96 valence electrons. The van der Waals surface area contributed by atoms with Crippen molar-refractivity contribution in [2.24, 2.45) is 0 Å². The highest BCUT2D eigenvalue weighted by molar-refractivity contribution is 9.10. The Morgan fingerprint density at radius 1 is 1.56 bits per heavy atom. The standard InChI is InChI=1S/C13H15BrN2O2/c1-9-6-16-7-11(18-9)8-17-13-3-2-10(5-15)4-12(13)14/h2-4,9,11,16H,6-8H2,1H3. The minimum atomic E-state index is 0.0660. The molecule has 0 bridgehead atoms. The van der Waals surface area contributed by atoms with Crippen LogP contribution in [0.25, 0.3) is 0 Å². The van der Waals surface area contributed by atoms with Gasteiger partial charge in [0.15, 0.2) is 0 Å². The maximum absolute atomic E-state index is 8.78. The van der Waals surface area contributed by atoms with Crippen molar-refractivity contribution >= 4 is 15.9 Å². The van der Waals surface area contributed by atoms with Gasteiger partial charge in [-0.3, -0.25) is 0 Å². The second kappa shape index (κ2) is 6.19. The number of morpholine rings is 1. The van der Waals surface area contributed by atoms with Crippen LogP contribution in [0.1, 0.15) is 12.5 Å². The Kier molecular flexibility index (Phi) is 4.59.